The van der Waals surface area contributed by atoms with Crippen LogP contribution < -0.4 is 21.7 Å². The Balaban J connectivity index is 0.00000324. The van der Waals surface area contributed by atoms with Crippen LogP contribution in [0.3, 0.4) is 0 Å². The monoisotopic (exact) mass is 522 g/mol. The number of para-hydroxylation sites is 1. The Labute approximate surface area is 212 Å². The van der Waals surface area contributed by atoms with E-state index in [0.717, 1.165) is 29.8 Å². The van der Waals surface area contributed by atoms with Crippen LogP contribution in [0.4, 0.5) is 0 Å². The van der Waals surface area contributed by atoms with Crippen LogP contribution >= 0.6 is 0 Å². The van der Waals surface area contributed by atoms with E-state index in [9.17, 15) is 5.11 Å². The van der Waals surface area contributed by atoms with Gasteiger partial charge in [0.2, 0.25) is 0 Å². The predicted molar refractivity (Wildman–Crippen MR) is 129 cm³/mol. The standard InChI is InChI=1S/C28H31N2O3.BrH/c1-30(2,19-12-20-32-25-17-10-5-11-18-25)21-27-29-26(22-33-27)28(31,23-13-6-3-7-14-23)24-15-8-4-9-16-24;/h3-11,13-18,22,31H,12,19-21H2,1-2H3;1H/q+1;/p-1. The first-order valence-electron chi connectivity index (χ1n) is 11.3. The van der Waals surface area contributed by atoms with Gasteiger partial charge in [0.1, 0.15) is 17.7 Å². The first-order chi connectivity index (χ1) is 16.0. The quantitative estimate of drug-likeness (QED) is 0.255. The van der Waals surface area contributed by atoms with Crippen molar-refractivity contribution in [2.45, 2.75) is 18.6 Å². The van der Waals surface area contributed by atoms with Gasteiger partial charge in [0.25, 0.3) is 5.89 Å². The third-order valence-corrected chi connectivity index (χ3v) is 5.79. The number of hydrogen-bond donors (Lipinski definition) is 1. The number of oxazole rings is 1. The van der Waals surface area contributed by atoms with Crippen molar-refractivity contribution in [2.24, 2.45) is 0 Å². The number of benzene rings is 3. The third kappa shape index (κ3) is 6.14. The van der Waals surface area contributed by atoms with Crippen LogP contribution in [0.1, 0.15) is 29.1 Å². The van der Waals surface area contributed by atoms with Crippen LogP contribution in [0.15, 0.2) is 102 Å². The molecule has 0 saturated carbocycles. The minimum absolute atomic E-state index is 0. The molecule has 0 unspecified atom stereocenters. The SMILES string of the molecule is C[N+](C)(CCCOc1ccccc1)Cc1nc(C(O)(c2ccccc2)c2ccccc2)co1.[Br-]. The maximum Gasteiger partial charge on any atom is 0.250 e. The van der Waals surface area contributed by atoms with Crippen LogP contribution in [0.5, 0.6) is 5.75 Å². The minimum Gasteiger partial charge on any atom is -1.00 e. The van der Waals surface area contributed by atoms with Crippen molar-refractivity contribution >= 4 is 0 Å². The highest BCUT2D eigenvalue weighted by Crippen LogP contribution is 2.36. The largest absolute Gasteiger partial charge is 1.00 e. The highest BCUT2D eigenvalue weighted by atomic mass is 79.9. The molecule has 1 aromatic heterocycles. The number of halogens is 1. The molecule has 0 aliphatic heterocycles. The molecule has 0 spiro atoms. The van der Waals surface area contributed by atoms with E-state index in [1.807, 2.05) is 91.0 Å². The van der Waals surface area contributed by atoms with Crippen molar-refractivity contribution in [3.8, 4) is 5.75 Å². The lowest BCUT2D eigenvalue weighted by Gasteiger charge is -2.28. The van der Waals surface area contributed by atoms with Gasteiger partial charge >= 0.3 is 0 Å². The summed E-state index contributed by atoms with van der Waals surface area (Å²) in [5.41, 5.74) is 0.610. The molecule has 1 N–H and O–H groups in total. The molecular formula is C28H31BrN2O3. The van der Waals surface area contributed by atoms with E-state index in [-0.39, 0.29) is 17.0 Å². The van der Waals surface area contributed by atoms with Gasteiger partial charge in [-0.1, -0.05) is 78.9 Å². The molecule has 178 valence electrons. The smallest absolute Gasteiger partial charge is 0.250 e. The summed E-state index contributed by atoms with van der Waals surface area (Å²) in [7, 11) is 4.29. The molecule has 0 aliphatic carbocycles. The summed E-state index contributed by atoms with van der Waals surface area (Å²) in [6.45, 7) is 2.18. The van der Waals surface area contributed by atoms with Gasteiger partial charge in [0, 0.05) is 6.42 Å². The third-order valence-electron chi connectivity index (χ3n) is 5.79. The summed E-state index contributed by atoms with van der Waals surface area (Å²) in [4.78, 5) is 4.73. The van der Waals surface area contributed by atoms with E-state index in [2.05, 4.69) is 14.1 Å². The highest BCUT2D eigenvalue weighted by Gasteiger charge is 2.37. The second kappa shape index (κ2) is 11.5. The fraction of sp³-hybridized carbons (Fsp3) is 0.250. The predicted octanol–water partition coefficient (Wildman–Crippen LogP) is 2.01. The molecule has 6 heteroatoms. The van der Waals surface area contributed by atoms with E-state index < -0.39 is 5.60 Å². The zero-order chi connectivity index (χ0) is 23.2. The van der Waals surface area contributed by atoms with Gasteiger partial charge in [-0.15, -0.1) is 0 Å². The van der Waals surface area contributed by atoms with Gasteiger partial charge in [0.15, 0.2) is 12.1 Å². The maximum absolute atomic E-state index is 11.9. The zero-order valence-electron chi connectivity index (χ0n) is 19.6. The molecule has 0 saturated heterocycles. The molecular weight excluding hydrogens is 492 g/mol. The van der Waals surface area contributed by atoms with E-state index in [4.69, 9.17) is 14.1 Å². The molecule has 0 atom stereocenters. The average molecular weight is 523 g/mol. The molecule has 34 heavy (non-hydrogen) atoms. The van der Waals surface area contributed by atoms with Crippen LogP contribution in [0.2, 0.25) is 0 Å². The van der Waals surface area contributed by atoms with Crippen LogP contribution in [-0.2, 0) is 12.1 Å². The topological polar surface area (TPSA) is 55.5 Å². The van der Waals surface area contributed by atoms with E-state index >= 15 is 0 Å². The summed E-state index contributed by atoms with van der Waals surface area (Å²) < 4.78 is 12.4. The Morgan fingerprint density at radius 2 is 1.38 bits per heavy atom. The van der Waals surface area contributed by atoms with Crippen LogP contribution in [0.25, 0.3) is 0 Å². The lowest BCUT2D eigenvalue weighted by atomic mass is 9.84. The van der Waals surface area contributed by atoms with Gasteiger partial charge < -0.3 is 35.7 Å². The average Bonchev–Trinajstić information content (AvgIpc) is 3.31. The Hall–Kier alpha value is -2.93. The molecule has 5 nitrogen and oxygen atoms in total. The number of rotatable bonds is 10. The summed E-state index contributed by atoms with van der Waals surface area (Å²) in [6.07, 6.45) is 2.49. The Kier molecular flexibility index (Phi) is 8.67. The first kappa shape index (κ1) is 25.7. The molecule has 1 heterocycles. The van der Waals surface area contributed by atoms with Crippen molar-refractivity contribution < 1.29 is 35.7 Å². The number of quaternary nitrogens is 1. The minimum atomic E-state index is -1.38. The number of aromatic nitrogens is 1. The van der Waals surface area contributed by atoms with Crippen LogP contribution in [0, 0.1) is 0 Å². The van der Waals surface area contributed by atoms with Crippen molar-refractivity contribution in [3.05, 3.63) is 120 Å². The second-order valence-corrected chi connectivity index (χ2v) is 8.90. The van der Waals surface area contributed by atoms with Crippen molar-refractivity contribution in [2.75, 3.05) is 27.2 Å². The first-order valence-corrected chi connectivity index (χ1v) is 11.3. The molecule has 0 amide bonds. The molecule has 0 aliphatic rings. The van der Waals surface area contributed by atoms with E-state index in [0.29, 0.717) is 29.2 Å². The normalized spacial score (nSPS) is 11.6. The molecule has 0 radical (unpaired) electrons. The fourth-order valence-corrected chi connectivity index (χ4v) is 4.02. The fourth-order valence-electron chi connectivity index (χ4n) is 4.02. The van der Waals surface area contributed by atoms with Gasteiger partial charge in [0.05, 0.1) is 27.2 Å². The molecule has 4 rings (SSSR count). The number of aliphatic hydroxyl groups is 1. The van der Waals surface area contributed by atoms with E-state index in [1.165, 1.54) is 0 Å². The molecule has 4 aromatic rings. The number of ether oxygens (including phenoxy) is 1. The number of hydrogen-bond acceptors (Lipinski definition) is 4. The summed E-state index contributed by atoms with van der Waals surface area (Å²) in [5, 5.41) is 11.9. The van der Waals surface area contributed by atoms with Crippen molar-refractivity contribution in [3.63, 3.8) is 0 Å². The van der Waals surface area contributed by atoms with Crippen molar-refractivity contribution in [1.29, 1.82) is 0 Å². The Morgan fingerprint density at radius 3 is 1.94 bits per heavy atom. The van der Waals surface area contributed by atoms with Crippen LogP contribution in [-0.4, -0.2) is 41.8 Å². The van der Waals surface area contributed by atoms with Gasteiger partial charge in [-0.05, 0) is 23.3 Å². The highest BCUT2D eigenvalue weighted by molar-refractivity contribution is 5.43. The summed E-state index contributed by atoms with van der Waals surface area (Å²) in [6, 6.07) is 29.0. The lowest BCUT2D eigenvalue weighted by molar-refractivity contribution is -0.905. The lowest BCUT2D eigenvalue weighted by Crippen LogP contribution is -3.00. The molecule has 0 fully saturated rings. The van der Waals surface area contributed by atoms with Crippen molar-refractivity contribution in [1.82, 2.24) is 4.98 Å². The Morgan fingerprint density at radius 1 is 0.853 bits per heavy atom. The molecule has 0 bridgehead atoms. The van der Waals surface area contributed by atoms with E-state index in [1.54, 1.807) is 6.26 Å². The van der Waals surface area contributed by atoms with Gasteiger partial charge in [-0.3, -0.25) is 0 Å². The maximum atomic E-state index is 11.9. The second-order valence-electron chi connectivity index (χ2n) is 8.90. The van der Waals surface area contributed by atoms with Gasteiger partial charge in [-0.25, -0.2) is 4.98 Å². The number of nitrogens with zero attached hydrogens (tertiary/aromatic N) is 2. The zero-order valence-corrected chi connectivity index (χ0v) is 21.2. The Bertz CT molecular complexity index is 1090. The summed E-state index contributed by atoms with van der Waals surface area (Å²) >= 11 is 0. The van der Waals surface area contributed by atoms with Gasteiger partial charge in [-0.2, -0.15) is 0 Å². The summed E-state index contributed by atoms with van der Waals surface area (Å²) in [5.74, 6) is 1.49. The molecule has 3 aromatic carbocycles.